The van der Waals surface area contributed by atoms with Gasteiger partial charge in [-0.05, 0) is 29.3 Å². The predicted octanol–water partition coefficient (Wildman–Crippen LogP) is 3.64. The van der Waals surface area contributed by atoms with Gasteiger partial charge in [0.05, 0.1) is 6.20 Å². The third-order valence-electron chi connectivity index (χ3n) is 2.06. The van der Waals surface area contributed by atoms with Crippen LogP contribution in [0.4, 0.5) is 10.2 Å². The standard InChI is InChI=1S/C11H8BrClFN3/c12-8-3-1-2-7(4-8)5-15-10-9(14)6-16-11(13)17-10/h1-4,6H,5H2,(H,15,16,17). The van der Waals surface area contributed by atoms with Gasteiger partial charge < -0.3 is 5.32 Å². The highest BCUT2D eigenvalue weighted by Gasteiger charge is 2.05. The Labute approximate surface area is 111 Å². The summed E-state index contributed by atoms with van der Waals surface area (Å²) in [5.74, 6) is -0.422. The van der Waals surface area contributed by atoms with Gasteiger partial charge in [-0.25, -0.2) is 9.37 Å². The Morgan fingerprint density at radius 1 is 1.41 bits per heavy atom. The first-order valence-electron chi connectivity index (χ1n) is 4.81. The zero-order valence-corrected chi connectivity index (χ0v) is 11.0. The number of aromatic nitrogens is 2. The second kappa shape index (κ2) is 5.42. The van der Waals surface area contributed by atoms with Crippen molar-refractivity contribution in [2.24, 2.45) is 0 Å². The van der Waals surface area contributed by atoms with E-state index in [2.05, 4.69) is 31.2 Å². The van der Waals surface area contributed by atoms with Crippen LogP contribution in [0, 0.1) is 5.82 Å². The first-order valence-corrected chi connectivity index (χ1v) is 5.98. The van der Waals surface area contributed by atoms with Gasteiger partial charge in [0.25, 0.3) is 0 Å². The Morgan fingerprint density at radius 2 is 2.24 bits per heavy atom. The van der Waals surface area contributed by atoms with Crippen molar-refractivity contribution < 1.29 is 4.39 Å². The Hall–Kier alpha value is -1.20. The smallest absolute Gasteiger partial charge is 0.224 e. The molecule has 0 radical (unpaired) electrons. The number of rotatable bonds is 3. The van der Waals surface area contributed by atoms with Crippen LogP contribution in [-0.4, -0.2) is 9.97 Å². The maximum absolute atomic E-state index is 13.3. The van der Waals surface area contributed by atoms with Crippen LogP contribution in [0.2, 0.25) is 5.28 Å². The highest BCUT2D eigenvalue weighted by atomic mass is 79.9. The molecule has 88 valence electrons. The molecule has 1 aromatic carbocycles. The summed E-state index contributed by atoms with van der Waals surface area (Å²) in [6.07, 6.45) is 1.04. The van der Waals surface area contributed by atoms with Crippen molar-refractivity contribution in [1.29, 1.82) is 0 Å². The van der Waals surface area contributed by atoms with Crippen molar-refractivity contribution in [2.75, 3.05) is 5.32 Å². The summed E-state index contributed by atoms with van der Waals surface area (Å²) >= 11 is 8.95. The normalized spacial score (nSPS) is 10.3. The molecule has 0 atom stereocenters. The Kier molecular flexibility index (Phi) is 3.91. The van der Waals surface area contributed by atoms with Crippen LogP contribution in [0.25, 0.3) is 0 Å². The molecule has 0 aliphatic rings. The van der Waals surface area contributed by atoms with Crippen LogP contribution in [0.1, 0.15) is 5.56 Å². The van der Waals surface area contributed by atoms with E-state index in [-0.39, 0.29) is 11.1 Å². The third-order valence-corrected chi connectivity index (χ3v) is 2.74. The van der Waals surface area contributed by atoms with E-state index in [0.717, 1.165) is 16.2 Å². The van der Waals surface area contributed by atoms with Gasteiger partial charge in [0.2, 0.25) is 5.28 Å². The summed E-state index contributed by atoms with van der Waals surface area (Å²) in [6.45, 7) is 0.462. The second-order valence-electron chi connectivity index (χ2n) is 3.32. The van der Waals surface area contributed by atoms with Crippen molar-refractivity contribution in [3.63, 3.8) is 0 Å². The lowest BCUT2D eigenvalue weighted by Gasteiger charge is -2.06. The van der Waals surface area contributed by atoms with Crippen molar-refractivity contribution in [2.45, 2.75) is 6.54 Å². The number of anilines is 1. The maximum atomic E-state index is 13.3. The molecule has 1 heterocycles. The molecule has 0 amide bonds. The summed E-state index contributed by atoms with van der Waals surface area (Å²) in [5, 5.41) is 2.88. The van der Waals surface area contributed by atoms with Crippen molar-refractivity contribution in [1.82, 2.24) is 9.97 Å². The van der Waals surface area contributed by atoms with E-state index in [1.807, 2.05) is 24.3 Å². The van der Waals surface area contributed by atoms with Gasteiger partial charge in [0, 0.05) is 11.0 Å². The first-order chi connectivity index (χ1) is 8.15. The largest absolute Gasteiger partial charge is 0.363 e. The molecular formula is C11H8BrClFN3. The third kappa shape index (κ3) is 3.38. The average Bonchev–Trinajstić information content (AvgIpc) is 2.30. The van der Waals surface area contributed by atoms with E-state index in [0.29, 0.717) is 6.54 Å². The van der Waals surface area contributed by atoms with Gasteiger partial charge in [0.1, 0.15) is 0 Å². The van der Waals surface area contributed by atoms with E-state index in [4.69, 9.17) is 11.6 Å². The number of halogens is 3. The monoisotopic (exact) mass is 315 g/mol. The molecule has 3 nitrogen and oxygen atoms in total. The lowest BCUT2D eigenvalue weighted by Crippen LogP contribution is -2.04. The molecule has 0 saturated heterocycles. The Bertz CT molecular complexity index is 536. The highest BCUT2D eigenvalue weighted by molar-refractivity contribution is 9.10. The molecule has 0 aliphatic carbocycles. The molecule has 6 heteroatoms. The fraction of sp³-hybridized carbons (Fsp3) is 0.0909. The number of nitrogens with one attached hydrogen (secondary N) is 1. The summed E-state index contributed by atoms with van der Waals surface area (Å²) in [7, 11) is 0. The van der Waals surface area contributed by atoms with Crippen LogP contribution in [-0.2, 0) is 6.54 Å². The van der Waals surface area contributed by atoms with Crippen molar-refractivity contribution in [3.8, 4) is 0 Å². The van der Waals surface area contributed by atoms with E-state index in [9.17, 15) is 4.39 Å². The summed E-state index contributed by atoms with van der Waals surface area (Å²) in [5.41, 5.74) is 1.01. The first kappa shape index (κ1) is 12.3. The zero-order valence-electron chi connectivity index (χ0n) is 8.62. The molecule has 0 bridgehead atoms. The average molecular weight is 317 g/mol. The SMILES string of the molecule is Fc1cnc(Cl)nc1NCc1cccc(Br)c1. The van der Waals surface area contributed by atoms with Gasteiger partial charge in [-0.1, -0.05) is 28.1 Å². The molecular weight excluding hydrogens is 308 g/mol. The fourth-order valence-corrected chi connectivity index (χ4v) is 1.88. The van der Waals surface area contributed by atoms with Gasteiger partial charge in [-0.2, -0.15) is 4.98 Å². The molecule has 0 aliphatic heterocycles. The quantitative estimate of drug-likeness (QED) is 0.879. The Morgan fingerprint density at radius 3 is 3.00 bits per heavy atom. The lowest BCUT2D eigenvalue weighted by atomic mass is 10.2. The van der Waals surface area contributed by atoms with Crippen molar-refractivity contribution in [3.05, 3.63) is 51.6 Å². The number of nitrogens with zero attached hydrogens (tertiary/aromatic N) is 2. The summed E-state index contributed by atoms with van der Waals surface area (Å²) in [6, 6.07) is 7.70. The number of hydrogen-bond donors (Lipinski definition) is 1. The zero-order chi connectivity index (χ0) is 12.3. The summed E-state index contributed by atoms with van der Waals surface area (Å²) in [4.78, 5) is 7.31. The topological polar surface area (TPSA) is 37.8 Å². The van der Waals surface area contributed by atoms with Crippen LogP contribution in [0.3, 0.4) is 0 Å². The van der Waals surface area contributed by atoms with Gasteiger partial charge in [0.15, 0.2) is 11.6 Å². The molecule has 0 unspecified atom stereocenters. The fourth-order valence-electron chi connectivity index (χ4n) is 1.30. The van der Waals surface area contributed by atoms with Gasteiger partial charge >= 0.3 is 0 Å². The summed E-state index contributed by atoms with van der Waals surface area (Å²) < 4.78 is 14.3. The van der Waals surface area contributed by atoms with Crippen LogP contribution in [0.5, 0.6) is 0 Å². The molecule has 0 saturated carbocycles. The second-order valence-corrected chi connectivity index (χ2v) is 4.57. The lowest BCUT2D eigenvalue weighted by molar-refractivity contribution is 0.616. The molecule has 0 fully saturated rings. The molecule has 1 N–H and O–H groups in total. The Balaban J connectivity index is 2.09. The van der Waals surface area contributed by atoms with Crippen LogP contribution >= 0.6 is 27.5 Å². The van der Waals surface area contributed by atoms with E-state index < -0.39 is 5.82 Å². The molecule has 1 aromatic heterocycles. The maximum Gasteiger partial charge on any atom is 0.224 e. The number of hydrogen-bond acceptors (Lipinski definition) is 3. The minimum Gasteiger partial charge on any atom is -0.363 e. The molecule has 2 rings (SSSR count). The molecule has 17 heavy (non-hydrogen) atoms. The van der Waals surface area contributed by atoms with Crippen LogP contribution in [0.15, 0.2) is 34.9 Å². The van der Waals surface area contributed by atoms with Gasteiger partial charge in [-0.15, -0.1) is 0 Å². The van der Waals surface area contributed by atoms with Crippen molar-refractivity contribution >= 4 is 33.3 Å². The number of benzene rings is 1. The minimum atomic E-state index is -0.524. The van der Waals surface area contributed by atoms with Gasteiger partial charge in [-0.3, -0.25) is 0 Å². The predicted molar refractivity (Wildman–Crippen MR) is 68.5 cm³/mol. The van der Waals surface area contributed by atoms with E-state index in [1.165, 1.54) is 0 Å². The highest BCUT2D eigenvalue weighted by Crippen LogP contribution is 2.15. The minimum absolute atomic E-state index is 0.0168. The van der Waals surface area contributed by atoms with E-state index >= 15 is 0 Å². The van der Waals surface area contributed by atoms with E-state index in [1.54, 1.807) is 0 Å². The molecule has 0 spiro atoms. The van der Waals surface area contributed by atoms with Crippen LogP contribution < -0.4 is 5.32 Å². The molecule has 2 aromatic rings.